The number of nitrogens with zero attached hydrogens (tertiary/aromatic N) is 1. The molecule has 3 heterocycles. The van der Waals surface area contributed by atoms with Gasteiger partial charge in [-0.25, -0.2) is 9.59 Å². The molecule has 2 unspecified atom stereocenters. The minimum atomic E-state index is -0.807. The lowest BCUT2D eigenvalue weighted by Crippen LogP contribution is -2.52. The van der Waals surface area contributed by atoms with Crippen LogP contribution in [0.2, 0.25) is 0 Å². The number of hydrogen-bond donors (Lipinski definition) is 3. The molecule has 2 aliphatic heterocycles. The maximum absolute atomic E-state index is 12.9. The number of likely N-dealkylation sites (N-methyl/N-ethyl adjacent to an activating group) is 1. The van der Waals surface area contributed by atoms with Crippen LogP contribution in [0.4, 0.5) is 10.5 Å². The predicted octanol–water partition coefficient (Wildman–Crippen LogP) is 1.46. The van der Waals surface area contributed by atoms with Crippen LogP contribution in [0.3, 0.4) is 0 Å². The molecule has 2 aliphatic rings. The molecule has 32 heavy (non-hydrogen) atoms. The van der Waals surface area contributed by atoms with E-state index in [9.17, 15) is 14.4 Å². The molecule has 0 saturated carbocycles. The van der Waals surface area contributed by atoms with Crippen LogP contribution < -0.4 is 25.6 Å². The second-order valence-corrected chi connectivity index (χ2v) is 7.23. The van der Waals surface area contributed by atoms with Gasteiger partial charge in [-0.1, -0.05) is 12.1 Å². The normalized spacial score (nSPS) is 19.9. The van der Waals surface area contributed by atoms with Crippen LogP contribution in [0.1, 0.15) is 18.7 Å². The van der Waals surface area contributed by atoms with E-state index in [0.29, 0.717) is 17.2 Å². The number of urea groups is 1. The van der Waals surface area contributed by atoms with Crippen molar-refractivity contribution >= 4 is 23.6 Å². The van der Waals surface area contributed by atoms with E-state index in [2.05, 4.69) is 16.0 Å². The first kappa shape index (κ1) is 21.3. The van der Waals surface area contributed by atoms with Gasteiger partial charge in [-0.15, -0.1) is 0 Å². The van der Waals surface area contributed by atoms with Gasteiger partial charge in [0.05, 0.1) is 42.9 Å². The molecular formula is C22H24N4O6. The van der Waals surface area contributed by atoms with Crippen molar-refractivity contribution in [3.05, 3.63) is 59.7 Å². The molecule has 3 N–H and O–H groups in total. The van der Waals surface area contributed by atoms with Crippen molar-refractivity contribution in [3.8, 4) is 5.75 Å². The summed E-state index contributed by atoms with van der Waals surface area (Å²) in [6.45, 7) is 2.26. The van der Waals surface area contributed by atoms with E-state index in [0.717, 1.165) is 5.69 Å². The van der Waals surface area contributed by atoms with Crippen molar-refractivity contribution in [3.63, 3.8) is 0 Å². The van der Waals surface area contributed by atoms with Crippen LogP contribution in [0.5, 0.6) is 5.75 Å². The Morgan fingerprint density at radius 2 is 2.06 bits per heavy atom. The third-order valence-electron chi connectivity index (χ3n) is 5.23. The second-order valence-electron chi connectivity index (χ2n) is 7.23. The lowest BCUT2D eigenvalue weighted by Gasteiger charge is -2.37. The highest BCUT2D eigenvalue weighted by atomic mass is 16.5. The van der Waals surface area contributed by atoms with Gasteiger partial charge in [0, 0.05) is 7.05 Å². The third kappa shape index (κ3) is 4.11. The molecule has 10 nitrogen and oxygen atoms in total. The summed E-state index contributed by atoms with van der Waals surface area (Å²) < 4.78 is 16.6. The predicted molar refractivity (Wildman–Crippen MR) is 114 cm³/mol. The Balaban J connectivity index is 1.75. The average Bonchev–Trinajstić information content (AvgIpc) is 3.33. The number of para-hydroxylation sites is 2. The molecule has 0 fully saturated rings. The maximum Gasteiger partial charge on any atom is 0.338 e. The summed E-state index contributed by atoms with van der Waals surface area (Å²) in [6, 6.07) is 9.36. The Hall–Kier alpha value is -3.95. The van der Waals surface area contributed by atoms with Gasteiger partial charge < -0.3 is 34.7 Å². The van der Waals surface area contributed by atoms with Crippen LogP contribution in [-0.4, -0.2) is 50.8 Å². The lowest BCUT2D eigenvalue weighted by molar-refractivity contribution is -0.139. The zero-order valence-electron chi connectivity index (χ0n) is 17.7. The highest BCUT2D eigenvalue weighted by Gasteiger charge is 2.37. The number of carbonyl (C=O) groups is 3. The zero-order valence-corrected chi connectivity index (χ0v) is 17.7. The first-order chi connectivity index (χ1) is 15.5. The molecule has 168 valence electrons. The minimum absolute atomic E-state index is 0.145. The number of nitrogens with one attached hydrogen (secondary N) is 3. The summed E-state index contributed by atoms with van der Waals surface area (Å²) in [5.74, 6) is 0.104. The van der Waals surface area contributed by atoms with Gasteiger partial charge in [0.2, 0.25) is 0 Å². The minimum Gasteiger partial charge on any atom is -0.477 e. The number of amides is 3. The monoisotopic (exact) mass is 440 g/mol. The van der Waals surface area contributed by atoms with Gasteiger partial charge in [0.25, 0.3) is 5.91 Å². The number of anilines is 1. The molecule has 0 saturated heterocycles. The number of hydrogen-bond acceptors (Lipinski definition) is 7. The first-order valence-electron chi connectivity index (χ1n) is 10.2. The molecular weight excluding hydrogens is 416 g/mol. The molecule has 0 bridgehead atoms. The van der Waals surface area contributed by atoms with Crippen molar-refractivity contribution in [2.45, 2.75) is 19.1 Å². The first-order valence-corrected chi connectivity index (χ1v) is 10.2. The van der Waals surface area contributed by atoms with Crippen molar-refractivity contribution in [2.24, 2.45) is 0 Å². The summed E-state index contributed by atoms with van der Waals surface area (Å²) in [4.78, 5) is 39.5. The van der Waals surface area contributed by atoms with E-state index >= 15 is 0 Å². The number of esters is 1. The fourth-order valence-corrected chi connectivity index (χ4v) is 3.81. The van der Waals surface area contributed by atoms with Crippen LogP contribution in [0, 0.1) is 0 Å². The molecule has 1 aromatic heterocycles. The number of ether oxygens (including phenoxy) is 2. The number of benzene rings is 1. The Kier molecular flexibility index (Phi) is 6.02. The molecule has 0 spiro atoms. The van der Waals surface area contributed by atoms with E-state index in [-0.39, 0.29) is 31.2 Å². The van der Waals surface area contributed by atoms with Gasteiger partial charge in [-0.2, -0.15) is 0 Å². The zero-order chi connectivity index (χ0) is 22.7. The molecule has 2 aromatic rings. The lowest BCUT2D eigenvalue weighted by atomic mass is 9.99. The molecule has 2 atom stereocenters. The molecule has 0 radical (unpaired) electrons. The quantitative estimate of drug-likeness (QED) is 0.582. The van der Waals surface area contributed by atoms with Crippen molar-refractivity contribution in [2.75, 3.05) is 31.6 Å². The number of carbonyl (C=O) groups excluding carboxylic acids is 3. The molecule has 1 aromatic carbocycles. The largest absolute Gasteiger partial charge is 0.477 e. The Bertz CT molecular complexity index is 1050. The van der Waals surface area contributed by atoms with Crippen molar-refractivity contribution < 1.29 is 28.3 Å². The van der Waals surface area contributed by atoms with Crippen molar-refractivity contribution in [1.29, 1.82) is 0 Å². The Morgan fingerprint density at radius 1 is 1.25 bits per heavy atom. The highest BCUT2D eigenvalue weighted by Crippen LogP contribution is 2.35. The van der Waals surface area contributed by atoms with Crippen LogP contribution in [-0.2, 0) is 14.3 Å². The summed E-state index contributed by atoms with van der Waals surface area (Å²) in [7, 11) is 1.54. The van der Waals surface area contributed by atoms with Crippen LogP contribution in [0.15, 0.2) is 58.3 Å². The smallest absolute Gasteiger partial charge is 0.338 e. The second kappa shape index (κ2) is 9.04. The summed E-state index contributed by atoms with van der Waals surface area (Å²) in [5, 5.41) is 8.06. The standard InChI is InChI=1S/C22H24N4O6/c1-3-30-21(28)18-13(24-22(29)25-19(18)16-9-6-10-31-16)11-26-12-17(20(27)23-2)32-15-8-5-4-7-14(15)26/h4-10,17,19H,3,11-12H2,1-2H3,(H,23,27)(H2,24,25,29). The summed E-state index contributed by atoms with van der Waals surface area (Å²) in [5.41, 5.74) is 1.34. The molecule has 0 aliphatic carbocycles. The Labute approximate surface area is 184 Å². The van der Waals surface area contributed by atoms with E-state index in [1.165, 1.54) is 6.26 Å². The SMILES string of the molecule is CCOC(=O)C1=C(CN2CC(C(=O)NC)Oc3ccccc32)NC(=O)NC1c1ccco1. The van der Waals surface area contributed by atoms with Gasteiger partial charge in [-0.3, -0.25) is 4.79 Å². The number of rotatable bonds is 6. The van der Waals surface area contributed by atoms with Gasteiger partial charge in [0.1, 0.15) is 17.6 Å². The summed E-state index contributed by atoms with van der Waals surface area (Å²) >= 11 is 0. The van der Waals surface area contributed by atoms with E-state index < -0.39 is 24.1 Å². The van der Waals surface area contributed by atoms with Gasteiger partial charge >= 0.3 is 12.0 Å². The topological polar surface area (TPSA) is 122 Å². The fourth-order valence-electron chi connectivity index (χ4n) is 3.81. The van der Waals surface area contributed by atoms with Crippen LogP contribution >= 0.6 is 0 Å². The van der Waals surface area contributed by atoms with Crippen LogP contribution in [0.25, 0.3) is 0 Å². The number of furan rings is 1. The highest BCUT2D eigenvalue weighted by molar-refractivity contribution is 5.95. The number of fused-ring (bicyclic) bond motifs is 1. The van der Waals surface area contributed by atoms with E-state index in [1.54, 1.807) is 32.2 Å². The Morgan fingerprint density at radius 3 is 2.78 bits per heavy atom. The average molecular weight is 440 g/mol. The molecule has 4 rings (SSSR count). The molecule has 3 amide bonds. The maximum atomic E-state index is 12.9. The fraction of sp³-hybridized carbons (Fsp3) is 0.318. The van der Waals surface area contributed by atoms with E-state index in [4.69, 9.17) is 13.9 Å². The van der Waals surface area contributed by atoms with Gasteiger partial charge in [0.15, 0.2) is 6.10 Å². The van der Waals surface area contributed by atoms with Crippen molar-refractivity contribution in [1.82, 2.24) is 16.0 Å². The van der Waals surface area contributed by atoms with Gasteiger partial charge in [-0.05, 0) is 31.2 Å². The third-order valence-corrected chi connectivity index (χ3v) is 5.23. The van der Waals surface area contributed by atoms with E-state index in [1.807, 2.05) is 23.1 Å². The molecule has 10 heteroatoms. The summed E-state index contributed by atoms with van der Waals surface area (Å²) in [6.07, 6.45) is 0.720.